The number of amides is 1. The van der Waals surface area contributed by atoms with Crippen molar-refractivity contribution in [1.82, 2.24) is 0 Å². The molecule has 22 heavy (non-hydrogen) atoms. The van der Waals surface area contributed by atoms with Crippen LogP contribution in [-0.2, 0) is 6.42 Å². The lowest BCUT2D eigenvalue weighted by Gasteiger charge is -2.20. The summed E-state index contributed by atoms with van der Waals surface area (Å²) in [5.74, 6) is -0.0106. The summed E-state index contributed by atoms with van der Waals surface area (Å²) in [4.78, 5) is 15.0. The SMILES string of the molecule is CCCCCc1ccccc1N1C(=O)c2ccccc2C1=S. The molecule has 0 spiro atoms. The lowest BCUT2D eigenvalue weighted by atomic mass is 10.0. The molecule has 2 aromatic carbocycles. The van der Waals surface area contributed by atoms with Crippen molar-refractivity contribution in [3.63, 3.8) is 0 Å². The Morgan fingerprint density at radius 2 is 1.64 bits per heavy atom. The number of hydrogen-bond acceptors (Lipinski definition) is 2. The highest BCUT2D eigenvalue weighted by Crippen LogP contribution is 2.31. The quantitative estimate of drug-likeness (QED) is 0.586. The Morgan fingerprint density at radius 1 is 0.955 bits per heavy atom. The number of rotatable bonds is 5. The van der Waals surface area contributed by atoms with Gasteiger partial charge in [0.25, 0.3) is 5.91 Å². The first-order valence-corrected chi connectivity index (χ1v) is 8.20. The molecule has 0 bridgehead atoms. The summed E-state index contributed by atoms with van der Waals surface area (Å²) in [7, 11) is 0. The Hall–Kier alpha value is -2.00. The average Bonchev–Trinajstić information content (AvgIpc) is 2.80. The van der Waals surface area contributed by atoms with Crippen molar-refractivity contribution >= 4 is 28.8 Å². The van der Waals surface area contributed by atoms with Gasteiger partial charge in [0.1, 0.15) is 4.99 Å². The van der Waals surface area contributed by atoms with Crippen LogP contribution in [0, 0.1) is 0 Å². The third-order valence-corrected chi connectivity index (χ3v) is 4.48. The predicted octanol–water partition coefficient (Wildman–Crippen LogP) is 4.76. The summed E-state index contributed by atoms with van der Waals surface area (Å²) in [6, 6.07) is 15.7. The van der Waals surface area contributed by atoms with E-state index >= 15 is 0 Å². The average molecular weight is 309 g/mol. The topological polar surface area (TPSA) is 20.3 Å². The maximum atomic E-state index is 12.7. The molecule has 0 N–H and O–H groups in total. The van der Waals surface area contributed by atoms with Crippen LogP contribution >= 0.6 is 12.2 Å². The zero-order valence-corrected chi connectivity index (χ0v) is 13.5. The van der Waals surface area contributed by atoms with Crippen LogP contribution in [0.5, 0.6) is 0 Å². The Labute approximate surface area is 136 Å². The molecule has 0 saturated heterocycles. The smallest absolute Gasteiger partial charge is 0.264 e. The molecule has 3 rings (SSSR count). The fourth-order valence-electron chi connectivity index (χ4n) is 2.91. The number of carbonyl (C=O) groups excluding carboxylic acids is 1. The van der Waals surface area contributed by atoms with Gasteiger partial charge in [-0.05, 0) is 30.5 Å². The van der Waals surface area contributed by atoms with Crippen molar-refractivity contribution in [3.8, 4) is 0 Å². The van der Waals surface area contributed by atoms with Gasteiger partial charge in [-0.1, -0.05) is 68.4 Å². The van der Waals surface area contributed by atoms with Crippen LogP contribution < -0.4 is 4.90 Å². The molecular formula is C19H19NOS. The summed E-state index contributed by atoms with van der Waals surface area (Å²) < 4.78 is 0. The Morgan fingerprint density at radius 3 is 2.36 bits per heavy atom. The van der Waals surface area contributed by atoms with Crippen LogP contribution in [0.2, 0.25) is 0 Å². The molecule has 2 nitrogen and oxygen atoms in total. The molecule has 0 aliphatic carbocycles. The Kier molecular flexibility index (Phi) is 4.34. The van der Waals surface area contributed by atoms with E-state index < -0.39 is 0 Å². The number of nitrogens with zero attached hydrogens (tertiary/aromatic N) is 1. The van der Waals surface area contributed by atoms with Gasteiger partial charge in [0.15, 0.2) is 0 Å². The van der Waals surface area contributed by atoms with E-state index in [1.165, 1.54) is 18.4 Å². The second kappa shape index (κ2) is 6.41. The minimum Gasteiger partial charge on any atom is -0.268 e. The summed E-state index contributed by atoms with van der Waals surface area (Å²) in [5, 5.41) is 0. The van der Waals surface area contributed by atoms with Crippen molar-refractivity contribution in [2.45, 2.75) is 32.6 Å². The Bertz CT molecular complexity index is 688. The predicted molar refractivity (Wildman–Crippen MR) is 94.6 cm³/mol. The molecule has 112 valence electrons. The Balaban J connectivity index is 1.96. The van der Waals surface area contributed by atoms with E-state index in [9.17, 15) is 4.79 Å². The third kappa shape index (κ3) is 2.57. The highest BCUT2D eigenvalue weighted by Gasteiger charge is 2.34. The molecule has 0 atom stereocenters. The number of benzene rings is 2. The lowest BCUT2D eigenvalue weighted by Crippen LogP contribution is -2.29. The maximum absolute atomic E-state index is 12.7. The zero-order chi connectivity index (χ0) is 15.5. The van der Waals surface area contributed by atoms with Crippen LogP contribution in [0.4, 0.5) is 5.69 Å². The number of para-hydroxylation sites is 1. The third-order valence-electron chi connectivity index (χ3n) is 4.08. The molecular weight excluding hydrogens is 290 g/mol. The number of thiocarbonyl (C=S) groups is 1. The van der Waals surface area contributed by atoms with Crippen LogP contribution in [0.3, 0.4) is 0 Å². The normalized spacial score (nSPS) is 13.6. The molecule has 0 fully saturated rings. The van der Waals surface area contributed by atoms with Crippen molar-refractivity contribution in [2.75, 3.05) is 4.90 Å². The van der Waals surface area contributed by atoms with Gasteiger partial charge < -0.3 is 0 Å². The molecule has 1 amide bonds. The summed E-state index contributed by atoms with van der Waals surface area (Å²) in [6.45, 7) is 2.20. The number of fused-ring (bicyclic) bond motifs is 1. The van der Waals surface area contributed by atoms with E-state index in [0.29, 0.717) is 10.6 Å². The van der Waals surface area contributed by atoms with Crippen molar-refractivity contribution in [2.24, 2.45) is 0 Å². The van der Waals surface area contributed by atoms with Crippen LogP contribution in [0.1, 0.15) is 47.7 Å². The molecule has 1 aliphatic heterocycles. The molecule has 0 aromatic heterocycles. The van der Waals surface area contributed by atoms with Gasteiger partial charge in [0.2, 0.25) is 0 Å². The van der Waals surface area contributed by atoms with Gasteiger partial charge in [-0.2, -0.15) is 0 Å². The summed E-state index contributed by atoms with van der Waals surface area (Å²) in [5.41, 5.74) is 3.70. The van der Waals surface area contributed by atoms with E-state index in [4.69, 9.17) is 12.2 Å². The molecule has 1 heterocycles. The van der Waals surface area contributed by atoms with Crippen LogP contribution in [0.25, 0.3) is 0 Å². The van der Waals surface area contributed by atoms with Gasteiger partial charge in [0.05, 0.1) is 11.3 Å². The summed E-state index contributed by atoms with van der Waals surface area (Å²) in [6.07, 6.45) is 4.50. The second-order valence-electron chi connectivity index (χ2n) is 5.58. The molecule has 0 unspecified atom stereocenters. The van der Waals surface area contributed by atoms with Crippen molar-refractivity contribution in [1.29, 1.82) is 0 Å². The monoisotopic (exact) mass is 309 g/mol. The fraction of sp³-hybridized carbons (Fsp3) is 0.263. The molecule has 1 aliphatic rings. The van der Waals surface area contributed by atoms with E-state index in [0.717, 1.165) is 24.1 Å². The van der Waals surface area contributed by atoms with Crippen LogP contribution in [0.15, 0.2) is 48.5 Å². The first-order valence-electron chi connectivity index (χ1n) is 7.79. The number of hydrogen-bond donors (Lipinski definition) is 0. The first-order chi connectivity index (χ1) is 10.7. The first kappa shape index (κ1) is 14.9. The van der Waals surface area contributed by atoms with E-state index in [2.05, 4.69) is 13.0 Å². The lowest BCUT2D eigenvalue weighted by molar-refractivity contribution is 0.101. The maximum Gasteiger partial charge on any atom is 0.264 e. The standard InChI is InChI=1S/C19H19NOS/c1-2-3-4-9-14-10-5-8-13-17(14)20-18(21)15-11-6-7-12-16(15)19(20)22/h5-8,10-13H,2-4,9H2,1H3. The minimum atomic E-state index is -0.0106. The second-order valence-corrected chi connectivity index (χ2v) is 5.96. The van der Waals surface area contributed by atoms with Gasteiger partial charge in [-0.3, -0.25) is 9.69 Å². The number of anilines is 1. The molecule has 3 heteroatoms. The van der Waals surface area contributed by atoms with E-state index in [1.54, 1.807) is 4.90 Å². The van der Waals surface area contributed by atoms with E-state index in [-0.39, 0.29) is 5.91 Å². The number of aryl methyl sites for hydroxylation is 1. The highest BCUT2D eigenvalue weighted by atomic mass is 32.1. The number of carbonyl (C=O) groups is 1. The molecule has 0 saturated carbocycles. The van der Waals surface area contributed by atoms with Crippen molar-refractivity contribution < 1.29 is 4.79 Å². The minimum absolute atomic E-state index is 0.0106. The fourth-order valence-corrected chi connectivity index (χ4v) is 3.27. The van der Waals surface area contributed by atoms with Crippen LogP contribution in [-0.4, -0.2) is 10.9 Å². The van der Waals surface area contributed by atoms with Gasteiger partial charge in [-0.15, -0.1) is 0 Å². The van der Waals surface area contributed by atoms with Gasteiger partial charge in [0, 0.05) is 5.56 Å². The highest BCUT2D eigenvalue weighted by molar-refractivity contribution is 7.81. The van der Waals surface area contributed by atoms with Crippen molar-refractivity contribution in [3.05, 3.63) is 65.2 Å². The van der Waals surface area contributed by atoms with E-state index in [1.807, 2.05) is 42.5 Å². The zero-order valence-electron chi connectivity index (χ0n) is 12.7. The summed E-state index contributed by atoms with van der Waals surface area (Å²) >= 11 is 5.55. The van der Waals surface area contributed by atoms with Gasteiger partial charge >= 0.3 is 0 Å². The largest absolute Gasteiger partial charge is 0.268 e. The molecule has 2 aromatic rings. The molecule has 0 radical (unpaired) electrons. The van der Waals surface area contributed by atoms with Gasteiger partial charge in [-0.25, -0.2) is 0 Å². The number of unbranched alkanes of at least 4 members (excludes halogenated alkanes) is 2.